The Hall–Kier alpha value is -9.48. The van der Waals surface area contributed by atoms with Gasteiger partial charge in [-0.3, -0.25) is 14.3 Å². The monoisotopic (exact) mass is 1040 g/mol. The first-order chi connectivity index (χ1) is 36.8. The van der Waals surface area contributed by atoms with Crippen molar-refractivity contribution in [3.05, 3.63) is 185 Å². The summed E-state index contributed by atoms with van der Waals surface area (Å²) in [4.78, 5) is 40.1. The van der Waals surface area contributed by atoms with E-state index in [9.17, 15) is 13.6 Å². The van der Waals surface area contributed by atoms with Crippen LogP contribution in [0.4, 0.5) is 26.1 Å². The van der Waals surface area contributed by atoms with Crippen molar-refractivity contribution in [2.75, 3.05) is 32.1 Å². The van der Waals surface area contributed by atoms with Crippen LogP contribution < -0.4 is 30.4 Å². The van der Waals surface area contributed by atoms with Gasteiger partial charge in [0, 0.05) is 89.8 Å². The number of rotatable bonds is 16. The quantitative estimate of drug-likeness (QED) is 0.0766. The van der Waals surface area contributed by atoms with Crippen LogP contribution in [0.3, 0.4) is 0 Å². The van der Waals surface area contributed by atoms with E-state index in [1.54, 1.807) is 86.5 Å². The van der Waals surface area contributed by atoms with Crippen LogP contribution in [0, 0.1) is 32.1 Å². The summed E-state index contributed by atoms with van der Waals surface area (Å²) in [7, 11) is 3.43. The molecule has 0 saturated heterocycles. The summed E-state index contributed by atoms with van der Waals surface area (Å²) in [6, 6.07) is 23.0. The van der Waals surface area contributed by atoms with Crippen LogP contribution in [0.1, 0.15) is 73.4 Å². The number of nitrogens with zero attached hydrogens (tertiary/aromatic N) is 10. The molecule has 0 fully saturated rings. The number of aliphatic carboxylic acids is 1. The zero-order chi connectivity index (χ0) is 55.3. The molecule has 5 N–H and O–H groups in total. The van der Waals surface area contributed by atoms with E-state index >= 15 is 0 Å². The highest BCUT2D eigenvalue weighted by Crippen LogP contribution is 2.37. The largest absolute Gasteiger partial charge is 0.489 e. The topological polar surface area (TPSA) is 221 Å². The van der Waals surface area contributed by atoms with Gasteiger partial charge in [-0.2, -0.15) is 0 Å². The molecule has 0 aliphatic carbocycles. The molecule has 0 aliphatic rings. The Balaban J connectivity index is 0.000000199. The summed E-state index contributed by atoms with van der Waals surface area (Å²) in [5.74, 6) is 3.25. The van der Waals surface area contributed by atoms with Crippen LogP contribution in [0.2, 0.25) is 0 Å². The Morgan fingerprint density at radius 1 is 0.649 bits per heavy atom. The van der Waals surface area contributed by atoms with Gasteiger partial charge in [0.15, 0.2) is 5.82 Å². The predicted octanol–water partition coefficient (Wildman–Crippen LogP) is 11.7. The number of nitrogen functional groups attached to an aromatic ring is 2. The number of benzene rings is 4. The molecule has 77 heavy (non-hydrogen) atoms. The number of likely N-dealkylation sites (N-methyl/N-ethyl adjacent to an activating group) is 1. The van der Waals surface area contributed by atoms with Gasteiger partial charge in [-0.05, 0) is 93.9 Å². The Kier molecular flexibility index (Phi) is 18.1. The van der Waals surface area contributed by atoms with Crippen molar-refractivity contribution in [3.8, 4) is 45.9 Å². The van der Waals surface area contributed by atoms with Crippen molar-refractivity contribution in [2.45, 2.75) is 66.6 Å². The molecule has 0 aliphatic heterocycles. The number of anilines is 2. The van der Waals surface area contributed by atoms with Crippen molar-refractivity contribution in [1.82, 2.24) is 43.9 Å². The molecule has 9 rings (SSSR count). The molecule has 20 heteroatoms. The van der Waals surface area contributed by atoms with Gasteiger partial charge in [-0.1, -0.05) is 34.3 Å². The first-order valence-electron chi connectivity index (χ1n) is 24.2. The predicted molar refractivity (Wildman–Crippen MR) is 289 cm³/mol. The van der Waals surface area contributed by atoms with E-state index in [4.69, 9.17) is 42.1 Å². The number of nitrogens with two attached hydrogens (primary N) is 2. The zero-order valence-corrected chi connectivity index (χ0v) is 43.8. The second-order valence-electron chi connectivity index (χ2n) is 18.4. The Morgan fingerprint density at radius 3 is 1.51 bits per heavy atom. The molecular formula is C57H58F2N12O6. The lowest BCUT2D eigenvalue weighted by atomic mass is 10.1. The fourth-order valence-corrected chi connectivity index (χ4v) is 7.60. The minimum absolute atomic E-state index is 0.111. The zero-order valence-electron chi connectivity index (χ0n) is 43.8. The van der Waals surface area contributed by atoms with Gasteiger partial charge < -0.3 is 44.9 Å². The van der Waals surface area contributed by atoms with Gasteiger partial charge in [0.1, 0.15) is 88.5 Å². The maximum Gasteiger partial charge on any atom is 0.317 e. The van der Waals surface area contributed by atoms with Crippen LogP contribution in [-0.4, -0.2) is 75.7 Å². The van der Waals surface area contributed by atoms with Crippen molar-refractivity contribution < 1.29 is 37.6 Å². The molecule has 0 radical (unpaired) electrons. The first-order valence-corrected chi connectivity index (χ1v) is 24.2. The Morgan fingerprint density at radius 2 is 1.09 bits per heavy atom. The van der Waals surface area contributed by atoms with Gasteiger partial charge in [0.25, 0.3) is 5.82 Å². The standard InChI is InChI=1S/C27H25FN6O2.C26H24FN5O2.C4H9NO2/c1-16(2)24-13-34(26-25(24)32-15-33-27(26)29)20-4-6-21(7-5-20)36-23-9-19(28)8-22(10-23)35-14-18-11-30-17(3)31-12-18;1-16(2)24-14-32(26(29-4)25(24)28)20-5-7-21(8-6-20)34-23-10-19(27)9-22(11-23)33-15-18-12-30-17(3)31-13-18;1-5(2)3-4(6)7/h4-13,15-16H,14H2,1-3H3,(H2,29,32,33);5-14,16H,15,28H2,1-3H3;3H2,1-2H3,(H,6,7). The number of halogens is 2. The normalized spacial score (nSPS) is 10.9. The summed E-state index contributed by atoms with van der Waals surface area (Å²) in [6.07, 6.45) is 12.1. The minimum Gasteiger partial charge on any atom is -0.489 e. The fourth-order valence-electron chi connectivity index (χ4n) is 7.60. The summed E-state index contributed by atoms with van der Waals surface area (Å²) in [5.41, 5.74) is 19.7. The summed E-state index contributed by atoms with van der Waals surface area (Å²) >= 11 is 0. The van der Waals surface area contributed by atoms with Crippen LogP contribution in [0.5, 0.6) is 34.5 Å². The van der Waals surface area contributed by atoms with Crippen molar-refractivity contribution >= 4 is 34.3 Å². The molecule has 0 unspecified atom stereocenters. The van der Waals surface area contributed by atoms with E-state index in [1.807, 2.05) is 67.2 Å². The molecule has 0 spiro atoms. The molecule has 4 aromatic carbocycles. The molecule has 5 aromatic heterocycles. The van der Waals surface area contributed by atoms with E-state index in [1.165, 1.54) is 30.6 Å². The molecule has 396 valence electrons. The smallest absolute Gasteiger partial charge is 0.317 e. The third-order valence-electron chi connectivity index (χ3n) is 11.4. The SMILES string of the molecule is CN(C)CC(=O)O.Cc1ncc(COc2cc(F)cc(Oc3ccc(-n4cc(C(C)C)c5ncnc(N)c54)cc3)c2)cn1.[C-]#[N+]c1c(N)c(C(C)C)cn1-c1ccc(Oc2cc(F)cc(OCc3cnc(C)nc3)c2)cc1. The van der Waals surface area contributed by atoms with E-state index in [0.717, 1.165) is 44.7 Å². The van der Waals surface area contributed by atoms with E-state index in [2.05, 4.69) is 48.6 Å². The second-order valence-corrected chi connectivity index (χ2v) is 18.4. The van der Waals surface area contributed by atoms with Gasteiger partial charge in [-0.15, -0.1) is 0 Å². The molecule has 0 amide bonds. The first kappa shape index (κ1) is 55.3. The average Bonchev–Trinajstić information content (AvgIpc) is 3.96. The number of hydrogen-bond donors (Lipinski definition) is 3. The summed E-state index contributed by atoms with van der Waals surface area (Å²) in [6.45, 7) is 19.9. The Labute approximate surface area is 444 Å². The average molecular weight is 1050 g/mol. The number of carboxylic acids is 1. The number of carbonyl (C=O) groups is 1. The number of aromatic nitrogens is 8. The molecule has 5 heterocycles. The van der Waals surface area contributed by atoms with Gasteiger partial charge in [-0.25, -0.2) is 38.7 Å². The number of carboxylic acid groups (broad SMARTS) is 1. The molecular weight excluding hydrogens is 987 g/mol. The second kappa shape index (κ2) is 25.2. The van der Waals surface area contributed by atoms with Gasteiger partial charge in [0.2, 0.25) is 0 Å². The lowest BCUT2D eigenvalue weighted by molar-refractivity contribution is -0.137. The highest BCUT2D eigenvalue weighted by molar-refractivity contribution is 5.90. The lowest BCUT2D eigenvalue weighted by Gasteiger charge is -2.11. The third-order valence-corrected chi connectivity index (χ3v) is 11.4. The molecule has 0 saturated carbocycles. The summed E-state index contributed by atoms with van der Waals surface area (Å²) in [5, 5.41) is 8.04. The minimum atomic E-state index is -0.787. The van der Waals surface area contributed by atoms with E-state index in [0.29, 0.717) is 63.5 Å². The third kappa shape index (κ3) is 14.9. The van der Waals surface area contributed by atoms with Crippen molar-refractivity contribution in [1.29, 1.82) is 0 Å². The van der Waals surface area contributed by atoms with Gasteiger partial charge >= 0.3 is 5.97 Å². The highest BCUT2D eigenvalue weighted by Gasteiger charge is 2.19. The van der Waals surface area contributed by atoms with E-state index in [-0.39, 0.29) is 31.6 Å². The van der Waals surface area contributed by atoms with Crippen molar-refractivity contribution in [2.24, 2.45) is 0 Å². The maximum absolute atomic E-state index is 14.2. The summed E-state index contributed by atoms with van der Waals surface area (Å²) < 4.78 is 55.3. The molecule has 9 aromatic rings. The number of ether oxygens (including phenoxy) is 4. The fraction of sp³-hybridized carbons (Fsp3) is 0.228. The highest BCUT2D eigenvalue weighted by atomic mass is 19.1. The number of fused-ring (bicyclic) bond motifs is 1. The molecule has 0 atom stereocenters. The van der Waals surface area contributed by atoms with Crippen LogP contribution in [-0.2, 0) is 18.0 Å². The Bertz CT molecular complexity index is 3490. The lowest BCUT2D eigenvalue weighted by Crippen LogP contribution is -2.20. The number of aryl methyl sites for hydroxylation is 2. The molecule has 0 bridgehead atoms. The van der Waals surface area contributed by atoms with Crippen molar-refractivity contribution in [3.63, 3.8) is 0 Å². The van der Waals surface area contributed by atoms with Crippen LogP contribution in [0.25, 0.3) is 27.3 Å². The maximum atomic E-state index is 14.2. The van der Waals surface area contributed by atoms with E-state index < -0.39 is 17.6 Å². The van der Waals surface area contributed by atoms with Crippen LogP contribution in [0.15, 0.2) is 128 Å². The van der Waals surface area contributed by atoms with Crippen LogP contribution >= 0.6 is 0 Å². The number of hydrogen-bond acceptors (Lipinski definition) is 14. The molecule has 18 nitrogen and oxygen atoms in total. The van der Waals surface area contributed by atoms with Gasteiger partial charge in [0.05, 0.1) is 23.9 Å².